The fraction of sp³-hybridized carbons (Fsp3) is 0.217. The summed E-state index contributed by atoms with van der Waals surface area (Å²) >= 11 is 1.64. The van der Waals surface area contributed by atoms with Crippen molar-refractivity contribution in [3.05, 3.63) is 75.0 Å². The smallest absolute Gasteiger partial charge is 0.261 e. The number of hydrogen-bond acceptors (Lipinski definition) is 6. The van der Waals surface area contributed by atoms with Crippen LogP contribution < -0.4 is 10.7 Å². The number of rotatable bonds is 4. The van der Waals surface area contributed by atoms with Crippen molar-refractivity contribution in [3.63, 3.8) is 0 Å². The molecule has 4 heterocycles. The van der Waals surface area contributed by atoms with Gasteiger partial charge in [0.05, 0.1) is 17.6 Å². The van der Waals surface area contributed by atoms with Crippen LogP contribution in [0.5, 0.6) is 0 Å². The van der Waals surface area contributed by atoms with Crippen molar-refractivity contribution in [3.8, 4) is 0 Å². The second-order valence-corrected chi connectivity index (χ2v) is 8.29. The molecule has 3 aromatic rings. The number of carbonyl (C=O) groups is 1. The highest BCUT2D eigenvalue weighted by molar-refractivity contribution is 8.16. The van der Waals surface area contributed by atoms with E-state index in [2.05, 4.69) is 25.6 Å². The number of benzene rings is 1. The summed E-state index contributed by atoms with van der Waals surface area (Å²) in [6.07, 6.45) is 1.59. The second kappa shape index (κ2) is 7.70. The lowest BCUT2D eigenvalue weighted by Crippen LogP contribution is -2.24. The summed E-state index contributed by atoms with van der Waals surface area (Å²) in [4.78, 5) is 37.0. The molecule has 2 aliphatic rings. The molecule has 7 nitrogen and oxygen atoms in total. The molecule has 156 valence electrons. The molecule has 2 aliphatic heterocycles. The number of thioether (sulfide) groups is 1. The molecule has 0 bridgehead atoms. The van der Waals surface area contributed by atoms with Crippen LogP contribution in [0, 0.1) is 6.92 Å². The molecule has 1 aromatic carbocycles. The topological polar surface area (TPSA) is 79.6 Å². The van der Waals surface area contributed by atoms with Crippen molar-refractivity contribution in [2.75, 3.05) is 18.4 Å². The number of fused-ring (bicyclic) bond motifs is 2. The van der Waals surface area contributed by atoms with Crippen molar-refractivity contribution < 1.29 is 4.79 Å². The lowest BCUT2D eigenvalue weighted by atomic mass is 10.1. The maximum absolute atomic E-state index is 12.9. The maximum atomic E-state index is 12.9. The predicted octanol–water partition coefficient (Wildman–Crippen LogP) is 3.69. The van der Waals surface area contributed by atoms with E-state index in [9.17, 15) is 9.59 Å². The van der Waals surface area contributed by atoms with Gasteiger partial charge in [-0.3, -0.25) is 14.6 Å². The fourth-order valence-electron chi connectivity index (χ4n) is 3.83. The molecule has 0 atom stereocenters. The third-order valence-corrected chi connectivity index (χ3v) is 6.35. The number of carbonyl (C=O) groups excluding carboxylic acids is 1. The van der Waals surface area contributed by atoms with Crippen LogP contribution in [0.2, 0.25) is 0 Å². The van der Waals surface area contributed by atoms with Crippen molar-refractivity contribution in [2.24, 2.45) is 4.99 Å². The third kappa shape index (κ3) is 3.42. The van der Waals surface area contributed by atoms with Crippen LogP contribution in [-0.4, -0.2) is 38.6 Å². The molecule has 0 unspecified atom stereocenters. The molecule has 0 saturated heterocycles. The SMILES string of the molecule is CCn1cc(C(=O)Nc2ccc(C3=CSC4=NCCN34)cc2)c(=O)c2ccc(C)nc21. The second-order valence-electron chi connectivity index (χ2n) is 7.45. The van der Waals surface area contributed by atoms with Gasteiger partial charge in [-0.25, -0.2) is 4.98 Å². The van der Waals surface area contributed by atoms with Gasteiger partial charge in [0, 0.05) is 36.1 Å². The molecule has 8 heteroatoms. The van der Waals surface area contributed by atoms with Crippen LogP contribution >= 0.6 is 11.8 Å². The van der Waals surface area contributed by atoms with Gasteiger partial charge in [0.1, 0.15) is 11.2 Å². The maximum Gasteiger partial charge on any atom is 0.261 e. The first kappa shape index (κ1) is 19.6. The number of hydrogen-bond donors (Lipinski definition) is 1. The molecule has 31 heavy (non-hydrogen) atoms. The Morgan fingerprint density at radius 2 is 2.00 bits per heavy atom. The molecular weight excluding hydrogens is 410 g/mol. The minimum Gasteiger partial charge on any atom is -0.332 e. The van der Waals surface area contributed by atoms with E-state index in [-0.39, 0.29) is 11.0 Å². The number of amidine groups is 1. The Kier molecular flexibility index (Phi) is 4.86. The van der Waals surface area contributed by atoms with Crippen molar-refractivity contribution in [1.29, 1.82) is 0 Å². The minimum absolute atomic E-state index is 0.108. The summed E-state index contributed by atoms with van der Waals surface area (Å²) in [5.41, 5.74) is 4.06. The number of aliphatic imine (C=N–C) groups is 1. The van der Waals surface area contributed by atoms with Gasteiger partial charge >= 0.3 is 0 Å². The standard InChI is InChI=1S/C23H21N5O2S/c1-3-27-12-18(20(29)17-9-4-14(2)25-21(17)27)22(30)26-16-7-5-15(6-8-16)19-13-31-23-24-10-11-28(19)23/h4-9,12-13H,3,10-11H2,1-2H3,(H,26,30). The van der Waals surface area contributed by atoms with Gasteiger partial charge < -0.3 is 14.8 Å². The van der Waals surface area contributed by atoms with Crippen molar-refractivity contribution in [2.45, 2.75) is 20.4 Å². The molecule has 1 N–H and O–H groups in total. The van der Waals surface area contributed by atoms with Crippen LogP contribution in [-0.2, 0) is 6.54 Å². The first-order valence-corrected chi connectivity index (χ1v) is 11.0. The lowest BCUT2D eigenvalue weighted by molar-refractivity contribution is 0.102. The van der Waals surface area contributed by atoms with Gasteiger partial charge in [-0.2, -0.15) is 0 Å². The zero-order valence-corrected chi connectivity index (χ0v) is 18.1. The van der Waals surface area contributed by atoms with Gasteiger partial charge in [-0.1, -0.05) is 23.9 Å². The number of nitrogens with zero attached hydrogens (tertiary/aromatic N) is 4. The molecular formula is C23H21N5O2S. The van der Waals surface area contributed by atoms with E-state index in [1.807, 2.05) is 42.7 Å². The number of pyridine rings is 2. The van der Waals surface area contributed by atoms with Gasteiger partial charge in [0.2, 0.25) is 5.43 Å². The number of aromatic nitrogens is 2. The lowest BCUT2D eigenvalue weighted by Gasteiger charge is -2.17. The summed E-state index contributed by atoms with van der Waals surface area (Å²) in [7, 11) is 0. The van der Waals surface area contributed by atoms with E-state index in [1.54, 1.807) is 30.1 Å². The first-order valence-electron chi connectivity index (χ1n) is 10.2. The summed E-state index contributed by atoms with van der Waals surface area (Å²) < 4.78 is 1.83. The molecule has 0 aliphatic carbocycles. The number of nitrogens with one attached hydrogen (secondary N) is 1. The van der Waals surface area contributed by atoms with E-state index < -0.39 is 5.91 Å². The number of aryl methyl sites for hydroxylation is 2. The molecule has 5 rings (SSSR count). The average molecular weight is 432 g/mol. The average Bonchev–Trinajstić information content (AvgIpc) is 3.39. The van der Waals surface area contributed by atoms with Crippen molar-refractivity contribution in [1.82, 2.24) is 14.5 Å². The number of anilines is 1. The summed E-state index contributed by atoms with van der Waals surface area (Å²) in [5, 5.41) is 6.45. The van der Waals surface area contributed by atoms with E-state index in [0.717, 1.165) is 35.2 Å². The summed E-state index contributed by atoms with van der Waals surface area (Å²) in [5.74, 6) is -0.424. The molecule has 1 amide bonds. The zero-order chi connectivity index (χ0) is 21.5. The zero-order valence-electron chi connectivity index (χ0n) is 17.3. The predicted molar refractivity (Wildman–Crippen MR) is 125 cm³/mol. The molecule has 0 radical (unpaired) electrons. The normalized spacial score (nSPS) is 15.1. The highest BCUT2D eigenvalue weighted by atomic mass is 32.2. The summed E-state index contributed by atoms with van der Waals surface area (Å²) in [6.45, 7) is 6.17. The monoisotopic (exact) mass is 431 g/mol. The molecule has 0 fully saturated rings. The van der Waals surface area contributed by atoms with Crippen LogP contribution in [0.15, 0.2) is 57.8 Å². The quantitative estimate of drug-likeness (QED) is 0.682. The minimum atomic E-state index is -0.424. The Labute approximate surface area is 183 Å². The number of amides is 1. The van der Waals surface area contributed by atoms with Crippen molar-refractivity contribution >= 4 is 45.3 Å². The van der Waals surface area contributed by atoms with Gasteiger partial charge in [-0.15, -0.1) is 0 Å². The Morgan fingerprint density at radius 3 is 2.77 bits per heavy atom. The Hall–Kier alpha value is -3.39. The van der Waals surface area contributed by atoms with Gasteiger partial charge in [-0.05, 0) is 43.7 Å². The fourth-order valence-corrected chi connectivity index (χ4v) is 4.80. The van der Waals surface area contributed by atoms with Gasteiger partial charge in [0.15, 0.2) is 5.17 Å². The largest absolute Gasteiger partial charge is 0.332 e. The molecule has 0 saturated carbocycles. The highest BCUT2D eigenvalue weighted by Gasteiger charge is 2.27. The van der Waals surface area contributed by atoms with Gasteiger partial charge in [0.25, 0.3) is 5.91 Å². The van der Waals surface area contributed by atoms with Crippen LogP contribution in [0.3, 0.4) is 0 Å². The van der Waals surface area contributed by atoms with E-state index in [0.29, 0.717) is 23.3 Å². The molecule has 0 spiro atoms. The third-order valence-electron chi connectivity index (χ3n) is 5.45. The van der Waals surface area contributed by atoms with Crippen LogP contribution in [0.25, 0.3) is 16.7 Å². The van der Waals surface area contributed by atoms with Crippen LogP contribution in [0.4, 0.5) is 5.69 Å². The first-order chi connectivity index (χ1) is 15.0. The highest BCUT2D eigenvalue weighted by Crippen LogP contribution is 2.35. The molecule has 2 aromatic heterocycles. The van der Waals surface area contributed by atoms with E-state index >= 15 is 0 Å². The summed E-state index contributed by atoms with van der Waals surface area (Å²) in [6, 6.07) is 11.2. The van der Waals surface area contributed by atoms with Crippen LogP contribution in [0.1, 0.15) is 28.5 Å². The Bertz CT molecular complexity index is 1320. The van der Waals surface area contributed by atoms with E-state index in [1.165, 1.54) is 0 Å². The van der Waals surface area contributed by atoms with E-state index in [4.69, 9.17) is 0 Å². The Balaban J connectivity index is 1.41. The Morgan fingerprint density at radius 1 is 1.19 bits per heavy atom.